The number of nitro benzene ring substituents is 1. The second kappa shape index (κ2) is 11.6. The molecule has 5 rings (SSSR count). The van der Waals surface area contributed by atoms with Crippen molar-refractivity contribution in [2.75, 3.05) is 56.0 Å². The monoisotopic (exact) mass is 599 g/mol. The summed E-state index contributed by atoms with van der Waals surface area (Å²) in [6, 6.07) is 7.83. The summed E-state index contributed by atoms with van der Waals surface area (Å²) < 4.78 is 78.4. The van der Waals surface area contributed by atoms with Crippen molar-refractivity contribution in [2.45, 2.75) is 37.7 Å². The Morgan fingerprint density at radius 3 is 2.19 bits per heavy atom. The fraction of sp³-hybridized carbons (Fsp3) is 0.536. The van der Waals surface area contributed by atoms with Gasteiger partial charge in [0.2, 0.25) is 5.91 Å². The van der Waals surface area contributed by atoms with Crippen LogP contribution in [0.4, 0.5) is 43.4 Å². The van der Waals surface area contributed by atoms with Gasteiger partial charge in [0.15, 0.2) is 0 Å². The number of carbonyl (C=O) groups is 1. The number of alkyl halides is 6. The number of benzene rings is 2. The Balaban J connectivity index is 1.04. The van der Waals surface area contributed by atoms with Crippen LogP contribution < -0.4 is 10.2 Å². The Labute approximate surface area is 238 Å². The highest BCUT2D eigenvalue weighted by Crippen LogP contribution is 2.38. The van der Waals surface area contributed by atoms with Crippen molar-refractivity contribution < 1.29 is 36.1 Å². The number of hydrogen-bond acceptors (Lipinski definition) is 6. The summed E-state index contributed by atoms with van der Waals surface area (Å²) in [7, 11) is 0. The highest BCUT2D eigenvalue weighted by atomic mass is 19.4. The van der Waals surface area contributed by atoms with Crippen LogP contribution in [-0.2, 0) is 17.1 Å². The predicted octanol–water partition coefficient (Wildman–Crippen LogP) is 5.49. The Hall–Kier alpha value is -3.55. The lowest BCUT2D eigenvalue weighted by Crippen LogP contribution is -2.33. The number of nitrogens with zero attached hydrogens (tertiary/aromatic N) is 4. The molecule has 0 aromatic heterocycles. The molecule has 228 valence electrons. The lowest BCUT2D eigenvalue weighted by molar-refractivity contribution is -0.388. The molecule has 3 aliphatic heterocycles. The minimum Gasteiger partial charge on any atom is -0.380 e. The van der Waals surface area contributed by atoms with Crippen LogP contribution in [-0.4, -0.2) is 72.5 Å². The summed E-state index contributed by atoms with van der Waals surface area (Å²) in [5, 5.41) is 13.9. The molecule has 2 aromatic carbocycles. The van der Waals surface area contributed by atoms with Crippen molar-refractivity contribution in [3.8, 4) is 0 Å². The van der Waals surface area contributed by atoms with E-state index < -0.39 is 34.1 Å². The molecule has 3 aliphatic rings. The second-order valence-corrected chi connectivity index (χ2v) is 11.3. The molecule has 0 spiro atoms. The number of nitrogens with one attached hydrogen (secondary N) is 1. The molecule has 3 atom stereocenters. The minimum absolute atomic E-state index is 0.0214. The van der Waals surface area contributed by atoms with Crippen LogP contribution in [0.15, 0.2) is 42.5 Å². The lowest BCUT2D eigenvalue weighted by atomic mass is 10.0. The molecule has 2 aromatic rings. The Morgan fingerprint density at radius 1 is 0.929 bits per heavy atom. The van der Waals surface area contributed by atoms with E-state index in [9.17, 15) is 41.3 Å². The smallest absolute Gasteiger partial charge is 0.380 e. The first-order chi connectivity index (χ1) is 19.8. The van der Waals surface area contributed by atoms with Crippen molar-refractivity contribution in [1.82, 2.24) is 9.80 Å². The third-order valence-electron chi connectivity index (χ3n) is 8.40. The second-order valence-electron chi connectivity index (χ2n) is 11.3. The van der Waals surface area contributed by atoms with E-state index in [1.807, 2.05) is 0 Å². The molecular formula is C28H31F6N5O3. The number of nitro groups is 1. The van der Waals surface area contributed by atoms with E-state index in [1.54, 1.807) is 4.90 Å². The van der Waals surface area contributed by atoms with Crippen molar-refractivity contribution >= 4 is 23.0 Å². The van der Waals surface area contributed by atoms with Crippen molar-refractivity contribution in [2.24, 2.45) is 11.8 Å². The molecule has 0 radical (unpaired) electrons. The molecule has 1 amide bonds. The molecular weight excluding hydrogens is 568 g/mol. The van der Waals surface area contributed by atoms with Gasteiger partial charge in [-0.15, -0.1) is 0 Å². The van der Waals surface area contributed by atoms with Crippen LogP contribution in [0.3, 0.4) is 0 Å². The third kappa shape index (κ3) is 6.74. The molecule has 0 aliphatic carbocycles. The summed E-state index contributed by atoms with van der Waals surface area (Å²) in [6.45, 7) is 4.90. The fourth-order valence-corrected chi connectivity index (χ4v) is 6.31. The highest BCUT2D eigenvalue weighted by Gasteiger charge is 2.41. The maximum absolute atomic E-state index is 13.3. The quantitative estimate of drug-likeness (QED) is 0.246. The number of anilines is 2. The van der Waals surface area contributed by atoms with E-state index in [2.05, 4.69) is 15.1 Å². The summed E-state index contributed by atoms with van der Waals surface area (Å²) >= 11 is 0. The first-order valence-corrected chi connectivity index (χ1v) is 13.8. The molecule has 8 nitrogen and oxygen atoms in total. The average molecular weight is 600 g/mol. The fourth-order valence-electron chi connectivity index (χ4n) is 6.31. The third-order valence-corrected chi connectivity index (χ3v) is 8.40. The Kier molecular flexibility index (Phi) is 8.28. The SMILES string of the molecule is O=C(CCCN1CC2CN(c3ccc(C(F)(F)F)cc3)CC2C1)N1CCC(Nc2ccc([N+](=O)[O-])c(C(F)(F)F)c2)C1. The number of carbonyl (C=O) groups excluding carboxylic acids is 1. The predicted molar refractivity (Wildman–Crippen MR) is 143 cm³/mol. The van der Waals surface area contributed by atoms with Crippen LogP contribution in [0, 0.1) is 22.0 Å². The van der Waals surface area contributed by atoms with E-state index in [0.29, 0.717) is 44.2 Å². The van der Waals surface area contributed by atoms with E-state index in [-0.39, 0.29) is 17.6 Å². The summed E-state index contributed by atoms with van der Waals surface area (Å²) in [5.41, 5.74) is -2.07. The maximum Gasteiger partial charge on any atom is 0.423 e. The van der Waals surface area contributed by atoms with E-state index in [0.717, 1.165) is 62.7 Å². The molecule has 3 saturated heterocycles. The van der Waals surface area contributed by atoms with Gasteiger partial charge in [0, 0.05) is 69.2 Å². The summed E-state index contributed by atoms with van der Waals surface area (Å²) in [4.78, 5) is 28.8. The molecule has 42 heavy (non-hydrogen) atoms. The number of fused-ring (bicyclic) bond motifs is 1. The van der Waals surface area contributed by atoms with Gasteiger partial charge in [-0.05, 0) is 67.6 Å². The number of hydrogen-bond donors (Lipinski definition) is 1. The standard InChI is InChI=1S/C28H31F6N5O3/c29-27(30,31)20-3-6-23(7-4-20)38-15-18-13-36(14-19(18)16-38)10-1-2-26(40)37-11-9-22(17-37)35-21-5-8-25(39(41)42)24(12-21)28(32,33)34/h3-8,12,18-19,22,35H,1-2,9-11,13-17H2. The van der Waals surface area contributed by atoms with Gasteiger partial charge < -0.3 is 20.0 Å². The number of halogens is 6. The van der Waals surface area contributed by atoms with Crippen LogP contribution in [0.1, 0.15) is 30.4 Å². The number of amides is 1. The van der Waals surface area contributed by atoms with E-state index in [4.69, 9.17) is 0 Å². The molecule has 3 heterocycles. The van der Waals surface area contributed by atoms with Crippen molar-refractivity contribution in [3.05, 3.63) is 63.7 Å². The molecule has 0 saturated carbocycles. The van der Waals surface area contributed by atoms with Gasteiger partial charge in [0.25, 0.3) is 5.69 Å². The zero-order chi connectivity index (χ0) is 30.2. The van der Waals surface area contributed by atoms with E-state index >= 15 is 0 Å². The Morgan fingerprint density at radius 2 is 1.60 bits per heavy atom. The van der Waals surface area contributed by atoms with E-state index in [1.165, 1.54) is 18.2 Å². The minimum atomic E-state index is -4.86. The summed E-state index contributed by atoms with van der Waals surface area (Å²) in [6.07, 6.45) is -7.64. The number of likely N-dealkylation sites (tertiary alicyclic amines) is 2. The zero-order valence-electron chi connectivity index (χ0n) is 22.6. The molecule has 3 fully saturated rings. The van der Waals surface area contributed by atoms with Gasteiger partial charge in [-0.1, -0.05) is 0 Å². The zero-order valence-corrected chi connectivity index (χ0v) is 22.6. The topological polar surface area (TPSA) is 82.0 Å². The van der Waals surface area contributed by atoms with Crippen molar-refractivity contribution in [3.63, 3.8) is 0 Å². The van der Waals surface area contributed by atoms with Gasteiger partial charge in [0.05, 0.1) is 10.5 Å². The normalized spacial score (nSPS) is 23.0. The van der Waals surface area contributed by atoms with Gasteiger partial charge in [-0.2, -0.15) is 26.3 Å². The van der Waals surface area contributed by atoms with Gasteiger partial charge in [-0.3, -0.25) is 14.9 Å². The first kappa shape index (κ1) is 29.9. The maximum atomic E-state index is 13.3. The molecule has 14 heteroatoms. The highest BCUT2D eigenvalue weighted by molar-refractivity contribution is 5.76. The molecule has 3 unspecified atom stereocenters. The van der Waals surface area contributed by atoms with Crippen LogP contribution in [0.2, 0.25) is 0 Å². The van der Waals surface area contributed by atoms with Gasteiger partial charge in [-0.25, -0.2) is 0 Å². The van der Waals surface area contributed by atoms with Crippen LogP contribution >= 0.6 is 0 Å². The Bertz CT molecular complexity index is 1290. The van der Waals surface area contributed by atoms with Gasteiger partial charge in [0.1, 0.15) is 5.56 Å². The molecule has 0 bridgehead atoms. The first-order valence-electron chi connectivity index (χ1n) is 13.8. The van der Waals surface area contributed by atoms with Crippen molar-refractivity contribution in [1.29, 1.82) is 0 Å². The van der Waals surface area contributed by atoms with Crippen LogP contribution in [0.5, 0.6) is 0 Å². The van der Waals surface area contributed by atoms with Crippen LogP contribution in [0.25, 0.3) is 0 Å². The average Bonchev–Trinajstić information content (AvgIpc) is 3.63. The largest absolute Gasteiger partial charge is 0.423 e. The number of rotatable bonds is 8. The molecule has 1 N–H and O–H groups in total. The van der Waals surface area contributed by atoms with Gasteiger partial charge >= 0.3 is 12.4 Å². The lowest BCUT2D eigenvalue weighted by Gasteiger charge is -2.23. The summed E-state index contributed by atoms with van der Waals surface area (Å²) in [5.74, 6) is 0.822.